The lowest BCUT2D eigenvalue weighted by atomic mass is 10.2. The van der Waals surface area contributed by atoms with Crippen LogP contribution in [-0.2, 0) is 4.79 Å². The highest BCUT2D eigenvalue weighted by Crippen LogP contribution is 1.92. The highest BCUT2D eigenvalue weighted by molar-refractivity contribution is 5.68. The van der Waals surface area contributed by atoms with E-state index in [1.165, 1.54) is 6.08 Å². The van der Waals surface area contributed by atoms with E-state index in [0.29, 0.717) is 18.7 Å². The van der Waals surface area contributed by atoms with Crippen LogP contribution in [0.3, 0.4) is 0 Å². The molecule has 4 heteroatoms. The monoisotopic (exact) mass is 144 g/mol. The molecule has 0 fully saturated rings. The van der Waals surface area contributed by atoms with Gasteiger partial charge in [-0.2, -0.15) is 0 Å². The Morgan fingerprint density at radius 3 is 2.60 bits per heavy atom. The Morgan fingerprint density at radius 1 is 1.60 bits per heavy atom. The molecule has 0 aliphatic rings. The Labute approximate surface area is 59.5 Å². The molecule has 10 heavy (non-hydrogen) atoms. The SMILES string of the molecule is NCCC(N)=CCC(=O)O. The fraction of sp³-hybridized carbons (Fsp3) is 0.500. The van der Waals surface area contributed by atoms with Crippen LogP contribution in [0.4, 0.5) is 0 Å². The number of aliphatic carboxylic acids is 1. The van der Waals surface area contributed by atoms with Crippen molar-refractivity contribution in [3.8, 4) is 0 Å². The van der Waals surface area contributed by atoms with Crippen LogP contribution < -0.4 is 11.5 Å². The summed E-state index contributed by atoms with van der Waals surface area (Å²) in [7, 11) is 0. The molecule has 0 rings (SSSR count). The molecule has 0 unspecified atom stereocenters. The molecule has 0 amide bonds. The van der Waals surface area contributed by atoms with Crippen molar-refractivity contribution in [1.29, 1.82) is 0 Å². The Morgan fingerprint density at radius 2 is 2.20 bits per heavy atom. The molecule has 5 N–H and O–H groups in total. The summed E-state index contributed by atoms with van der Waals surface area (Å²) in [5, 5.41) is 8.20. The number of carboxylic acids is 1. The van der Waals surface area contributed by atoms with E-state index in [1.807, 2.05) is 0 Å². The first-order valence-electron chi connectivity index (χ1n) is 3.03. The summed E-state index contributed by atoms with van der Waals surface area (Å²) in [5.41, 5.74) is 11.1. The van der Waals surface area contributed by atoms with Gasteiger partial charge in [0.05, 0.1) is 6.42 Å². The predicted octanol–water partition coefficient (Wildman–Crippen LogP) is -0.347. The lowest BCUT2D eigenvalue weighted by molar-refractivity contribution is -0.136. The number of hydrogen-bond donors (Lipinski definition) is 3. The third kappa shape index (κ3) is 5.11. The summed E-state index contributed by atoms with van der Waals surface area (Å²) in [6, 6.07) is 0. The van der Waals surface area contributed by atoms with E-state index in [4.69, 9.17) is 16.6 Å². The summed E-state index contributed by atoms with van der Waals surface area (Å²) in [4.78, 5) is 9.98. The van der Waals surface area contributed by atoms with E-state index < -0.39 is 5.97 Å². The molecule has 0 aromatic heterocycles. The standard InChI is InChI=1S/C6H12N2O2/c7-4-3-5(8)1-2-6(9)10/h1H,2-4,7-8H2,(H,9,10). The van der Waals surface area contributed by atoms with Crippen LogP contribution in [0.1, 0.15) is 12.8 Å². The zero-order valence-corrected chi connectivity index (χ0v) is 5.71. The Balaban J connectivity index is 3.57. The smallest absolute Gasteiger partial charge is 0.307 e. The molecule has 0 aromatic carbocycles. The van der Waals surface area contributed by atoms with E-state index >= 15 is 0 Å². The first kappa shape index (κ1) is 8.97. The summed E-state index contributed by atoms with van der Waals surface area (Å²) >= 11 is 0. The van der Waals surface area contributed by atoms with E-state index in [2.05, 4.69) is 0 Å². The minimum Gasteiger partial charge on any atom is -0.481 e. The summed E-state index contributed by atoms with van der Waals surface area (Å²) in [6.07, 6.45) is 2.01. The summed E-state index contributed by atoms with van der Waals surface area (Å²) < 4.78 is 0. The highest BCUT2D eigenvalue weighted by atomic mass is 16.4. The molecule has 0 saturated carbocycles. The molecule has 0 spiro atoms. The van der Waals surface area contributed by atoms with Gasteiger partial charge in [-0.05, 0) is 13.0 Å². The van der Waals surface area contributed by atoms with Gasteiger partial charge < -0.3 is 16.6 Å². The number of carbonyl (C=O) groups is 1. The fourth-order valence-electron chi connectivity index (χ4n) is 0.487. The maximum Gasteiger partial charge on any atom is 0.307 e. The molecule has 58 valence electrons. The van der Waals surface area contributed by atoms with Crippen molar-refractivity contribution < 1.29 is 9.90 Å². The average Bonchev–Trinajstić information content (AvgIpc) is 1.85. The molecule has 0 radical (unpaired) electrons. The second-order valence-electron chi connectivity index (χ2n) is 1.92. The van der Waals surface area contributed by atoms with Crippen molar-refractivity contribution in [1.82, 2.24) is 0 Å². The minimum atomic E-state index is -0.875. The van der Waals surface area contributed by atoms with Crippen molar-refractivity contribution in [2.45, 2.75) is 12.8 Å². The van der Waals surface area contributed by atoms with Gasteiger partial charge in [0.2, 0.25) is 0 Å². The lowest BCUT2D eigenvalue weighted by Crippen LogP contribution is -2.07. The average molecular weight is 144 g/mol. The fourth-order valence-corrected chi connectivity index (χ4v) is 0.487. The molecule has 0 aromatic rings. The van der Waals surface area contributed by atoms with E-state index in [-0.39, 0.29) is 6.42 Å². The number of rotatable bonds is 4. The van der Waals surface area contributed by atoms with Gasteiger partial charge in [-0.1, -0.05) is 6.08 Å². The Hall–Kier alpha value is -1.03. The van der Waals surface area contributed by atoms with Gasteiger partial charge in [0.25, 0.3) is 0 Å². The quantitative estimate of drug-likeness (QED) is 0.503. The Bertz CT molecular complexity index is 143. The second-order valence-corrected chi connectivity index (χ2v) is 1.92. The normalized spacial score (nSPS) is 11.5. The van der Waals surface area contributed by atoms with Crippen molar-refractivity contribution in [2.24, 2.45) is 11.5 Å². The molecule has 0 atom stereocenters. The van der Waals surface area contributed by atoms with Crippen LogP contribution in [0.5, 0.6) is 0 Å². The molecule has 0 saturated heterocycles. The number of hydrogen-bond acceptors (Lipinski definition) is 3. The van der Waals surface area contributed by atoms with Gasteiger partial charge in [-0.25, -0.2) is 0 Å². The zero-order chi connectivity index (χ0) is 7.98. The molecule has 0 aliphatic heterocycles. The molecular weight excluding hydrogens is 132 g/mol. The zero-order valence-electron chi connectivity index (χ0n) is 5.71. The Kier molecular flexibility index (Phi) is 4.32. The second kappa shape index (κ2) is 4.81. The van der Waals surface area contributed by atoms with Gasteiger partial charge in [0.15, 0.2) is 0 Å². The maximum absolute atomic E-state index is 9.98. The topological polar surface area (TPSA) is 89.3 Å². The first-order valence-corrected chi connectivity index (χ1v) is 3.03. The van der Waals surface area contributed by atoms with E-state index in [0.717, 1.165) is 0 Å². The van der Waals surface area contributed by atoms with E-state index in [1.54, 1.807) is 0 Å². The highest BCUT2D eigenvalue weighted by Gasteiger charge is 1.92. The van der Waals surface area contributed by atoms with Gasteiger partial charge in [-0.15, -0.1) is 0 Å². The van der Waals surface area contributed by atoms with Gasteiger partial charge >= 0.3 is 5.97 Å². The third-order valence-electron chi connectivity index (χ3n) is 0.972. The number of carboxylic acid groups (broad SMARTS) is 1. The van der Waals surface area contributed by atoms with Gasteiger partial charge in [-0.3, -0.25) is 4.79 Å². The molecule has 4 nitrogen and oxygen atoms in total. The summed E-state index contributed by atoms with van der Waals surface area (Å²) in [5.74, 6) is -0.875. The third-order valence-corrected chi connectivity index (χ3v) is 0.972. The predicted molar refractivity (Wildman–Crippen MR) is 38.2 cm³/mol. The molecular formula is C6H12N2O2. The van der Waals surface area contributed by atoms with Gasteiger partial charge in [0, 0.05) is 5.70 Å². The molecule has 0 bridgehead atoms. The lowest BCUT2D eigenvalue weighted by Gasteiger charge is -1.95. The van der Waals surface area contributed by atoms with Crippen LogP contribution in [0.2, 0.25) is 0 Å². The van der Waals surface area contributed by atoms with Crippen LogP contribution >= 0.6 is 0 Å². The maximum atomic E-state index is 9.98. The summed E-state index contributed by atoms with van der Waals surface area (Å²) in [6.45, 7) is 0.460. The van der Waals surface area contributed by atoms with Crippen LogP contribution in [-0.4, -0.2) is 17.6 Å². The molecule has 0 aliphatic carbocycles. The van der Waals surface area contributed by atoms with Crippen molar-refractivity contribution in [3.63, 3.8) is 0 Å². The first-order chi connectivity index (χ1) is 4.66. The van der Waals surface area contributed by atoms with Crippen LogP contribution in [0.15, 0.2) is 11.8 Å². The van der Waals surface area contributed by atoms with Crippen molar-refractivity contribution in [3.05, 3.63) is 11.8 Å². The van der Waals surface area contributed by atoms with E-state index in [9.17, 15) is 4.79 Å². The van der Waals surface area contributed by atoms with Crippen LogP contribution in [0, 0.1) is 0 Å². The van der Waals surface area contributed by atoms with Crippen LogP contribution in [0.25, 0.3) is 0 Å². The van der Waals surface area contributed by atoms with Gasteiger partial charge in [0.1, 0.15) is 0 Å². The molecule has 0 heterocycles. The minimum absolute atomic E-state index is 0.0220. The van der Waals surface area contributed by atoms with Crippen molar-refractivity contribution >= 4 is 5.97 Å². The number of nitrogens with two attached hydrogens (primary N) is 2. The largest absolute Gasteiger partial charge is 0.481 e. The van der Waals surface area contributed by atoms with Crippen molar-refractivity contribution in [2.75, 3.05) is 6.54 Å².